The standard InChI is InChI=1S/C26H29ClN4O4/c1-17-6-8-20(13-22(17)27)31-25(32)11-10-24(29-31)30-12-4-5-19(16-30)26(33)28-15-18-7-9-21(34-2)14-23(18)35-3/h6-11,13-14,19H,4-5,12,15-16H2,1-3H3,(H,28,33)/t19-/m0/s1. The van der Waals surface area contributed by atoms with E-state index in [0.717, 1.165) is 30.5 Å². The summed E-state index contributed by atoms with van der Waals surface area (Å²) in [4.78, 5) is 27.5. The largest absolute Gasteiger partial charge is 0.497 e. The van der Waals surface area contributed by atoms with Crippen molar-refractivity contribution in [1.29, 1.82) is 0 Å². The van der Waals surface area contributed by atoms with Gasteiger partial charge < -0.3 is 19.7 Å². The summed E-state index contributed by atoms with van der Waals surface area (Å²) in [5, 5.41) is 8.18. The molecule has 1 N–H and O–H groups in total. The molecule has 3 aromatic rings. The van der Waals surface area contributed by atoms with Crippen LogP contribution in [-0.2, 0) is 11.3 Å². The van der Waals surface area contributed by atoms with Crippen molar-refractivity contribution in [1.82, 2.24) is 15.1 Å². The number of rotatable bonds is 7. The third-order valence-electron chi connectivity index (χ3n) is 6.25. The average Bonchev–Trinajstić information content (AvgIpc) is 2.89. The van der Waals surface area contributed by atoms with Crippen molar-refractivity contribution in [3.63, 3.8) is 0 Å². The van der Waals surface area contributed by atoms with Gasteiger partial charge in [0.15, 0.2) is 0 Å². The molecule has 0 radical (unpaired) electrons. The van der Waals surface area contributed by atoms with E-state index in [1.165, 1.54) is 10.7 Å². The van der Waals surface area contributed by atoms with Crippen LogP contribution in [0.5, 0.6) is 11.5 Å². The number of amides is 1. The topological polar surface area (TPSA) is 85.7 Å². The number of halogens is 1. The van der Waals surface area contributed by atoms with Crippen molar-refractivity contribution in [2.75, 3.05) is 32.2 Å². The first-order valence-electron chi connectivity index (χ1n) is 11.5. The fourth-order valence-corrected chi connectivity index (χ4v) is 4.37. The van der Waals surface area contributed by atoms with E-state index in [9.17, 15) is 9.59 Å². The highest BCUT2D eigenvalue weighted by atomic mass is 35.5. The summed E-state index contributed by atoms with van der Waals surface area (Å²) in [6.45, 7) is 3.55. The van der Waals surface area contributed by atoms with Crippen LogP contribution in [-0.4, -0.2) is 43.0 Å². The van der Waals surface area contributed by atoms with Gasteiger partial charge in [0.05, 0.1) is 25.8 Å². The zero-order valence-corrected chi connectivity index (χ0v) is 20.8. The molecule has 0 aliphatic carbocycles. The average molecular weight is 497 g/mol. The van der Waals surface area contributed by atoms with E-state index < -0.39 is 0 Å². The molecule has 1 saturated heterocycles. The maximum atomic E-state index is 13.0. The lowest BCUT2D eigenvalue weighted by Gasteiger charge is -2.33. The molecule has 1 aromatic heterocycles. The second-order valence-corrected chi connectivity index (χ2v) is 8.96. The Morgan fingerprint density at radius 2 is 1.97 bits per heavy atom. The minimum atomic E-state index is -0.242. The lowest BCUT2D eigenvalue weighted by Crippen LogP contribution is -2.43. The van der Waals surface area contributed by atoms with E-state index in [1.807, 2.05) is 36.1 Å². The minimum Gasteiger partial charge on any atom is -0.497 e. The Kier molecular flexibility index (Phi) is 7.60. The van der Waals surface area contributed by atoms with E-state index in [4.69, 9.17) is 21.1 Å². The van der Waals surface area contributed by atoms with Crippen LogP contribution < -0.4 is 25.2 Å². The summed E-state index contributed by atoms with van der Waals surface area (Å²) in [5.74, 6) is 1.80. The van der Waals surface area contributed by atoms with E-state index in [2.05, 4.69) is 10.4 Å². The lowest BCUT2D eigenvalue weighted by atomic mass is 9.97. The smallest absolute Gasteiger partial charge is 0.271 e. The molecule has 1 aliphatic rings. The van der Waals surface area contributed by atoms with Gasteiger partial charge in [0, 0.05) is 42.4 Å². The SMILES string of the molecule is COc1ccc(CNC(=O)[C@H]2CCCN(c3ccc(=O)n(-c4ccc(C)c(Cl)c4)n3)C2)c(OC)c1. The van der Waals surface area contributed by atoms with Crippen LogP contribution in [0, 0.1) is 12.8 Å². The molecule has 0 spiro atoms. The van der Waals surface area contributed by atoms with Crippen molar-refractivity contribution in [2.45, 2.75) is 26.3 Å². The van der Waals surface area contributed by atoms with E-state index in [1.54, 1.807) is 32.4 Å². The number of ether oxygens (including phenoxy) is 2. The van der Waals surface area contributed by atoms with Gasteiger partial charge in [-0.2, -0.15) is 4.68 Å². The second-order valence-electron chi connectivity index (χ2n) is 8.56. The summed E-state index contributed by atoms with van der Waals surface area (Å²) in [6, 6.07) is 14.1. The number of anilines is 1. The highest BCUT2D eigenvalue weighted by Gasteiger charge is 2.27. The summed E-state index contributed by atoms with van der Waals surface area (Å²) >= 11 is 6.25. The molecule has 2 heterocycles. The fraction of sp³-hybridized carbons (Fsp3) is 0.346. The molecule has 1 fully saturated rings. The van der Waals surface area contributed by atoms with Crippen LogP contribution in [0.1, 0.15) is 24.0 Å². The van der Waals surface area contributed by atoms with Crippen molar-refractivity contribution in [2.24, 2.45) is 5.92 Å². The highest BCUT2D eigenvalue weighted by molar-refractivity contribution is 6.31. The number of aryl methyl sites for hydroxylation is 1. The monoisotopic (exact) mass is 496 g/mol. The molecule has 4 rings (SSSR count). The number of aromatic nitrogens is 2. The second kappa shape index (κ2) is 10.8. The maximum Gasteiger partial charge on any atom is 0.271 e. The van der Waals surface area contributed by atoms with Crippen LogP contribution in [0.25, 0.3) is 5.69 Å². The number of hydrogen-bond donors (Lipinski definition) is 1. The number of nitrogens with one attached hydrogen (secondary N) is 1. The summed E-state index contributed by atoms with van der Waals surface area (Å²) in [6.07, 6.45) is 1.64. The fourth-order valence-electron chi connectivity index (χ4n) is 4.19. The first-order chi connectivity index (χ1) is 16.9. The maximum absolute atomic E-state index is 13.0. The third-order valence-corrected chi connectivity index (χ3v) is 6.66. The van der Waals surface area contributed by atoms with Gasteiger partial charge in [-0.05, 0) is 55.7 Å². The van der Waals surface area contributed by atoms with Gasteiger partial charge in [-0.15, -0.1) is 5.10 Å². The van der Waals surface area contributed by atoms with Gasteiger partial charge in [-0.25, -0.2) is 0 Å². The molecule has 2 aromatic carbocycles. The number of carbonyl (C=O) groups is 1. The zero-order valence-electron chi connectivity index (χ0n) is 20.1. The highest BCUT2D eigenvalue weighted by Crippen LogP contribution is 2.26. The molecule has 1 amide bonds. The van der Waals surface area contributed by atoms with Crippen LogP contribution in [0.2, 0.25) is 5.02 Å². The molecule has 9 heteroatoms. The van der Waals surface area contributed by atoms with Gasteiger partial charge in [0.25, 0.3) is 5.56 Å². The van der Waals surface area contributed by atoms with E-state index >= 15 is 0 Å². The number of methoxy groups -OCH3 is 2. The molecule has 1 atom stereocenters. The van der Waals surface area contributed by atoms with Gasteiger partial charge >= 0.3 is 0 Å². The summed E-state index contributed by atoms with van der Waals surface area (Å²) in [5.41, 5.74) is 2.16. The number of nitrogens with zero attached hydrogens (tertiary/aromatic N) is 3. The quantitative estimate of drug-likeness (QED) is 0.536. The van der Waals surface area contributed by atoms with Crippen LogP contribution in [0.4, 0.5) is 5.82 Å². The molecule has 184 valence electrons. The van der Waals surface area contributed by atoms with Crippen LogP contribution >= 0.6 is 11.6 Å². The normalized spacial score (nSPS) is 15.5. The summed E-state index contributed by atoms with van der Waals surface area (Å²) in [7, 11) is 3.19. The molecular formula is C26H29ClN4O4. The van der Waals surface area contributed by atoms with Crippen molar-refractivity contribution < 1.29 is 14.3 Å². The molecule has 8 nitrogen and oxygen atoms in total. The molecule has 0 unspecified atom stereocenters. The summed E-state index contributed by atoms with van der Waals surface area (Å²) < 4.78 is 12.0. The Labute approximate surface area is 209 Å². The van der Waals surface area contributed by atoms with Gasteiger partial charge in [0.2, 0.25) is 5.91 Å². The van der Waals surface area contributed by atoms with Crippen LogP contribution in [0.3, 0.4) is 0 Å². The van der Waals surface area contributed by atoms with Crippen molar-refractivity contribution in [3.8, 4) is 17.2 Å². The Hall–Kier alpha value is -3.52. The number of piperidine rings is 1. The number of carbonyl (C=O) groups excluding carboxylic acids is 1. The predicted molar refractivity (Wildman–Crippen MR) is 136 cm³/mol. The van der Waals surface area contributed by atoms with Crippen molar-refractivity contribution >= 4 is 23.3 Å². The minimum absolute atomic E-state index is 0.0220. The first-order valence-corrected chi connectivity index (χ1v) is 11.9. The first kappa shape index (κ1) is 24.6. The molecule has 1 aliphatic heterocycles. The molecule has 0 saturated carbocycles. The van der Waals surface area contributed by atoms with Crippen molar-refractivity contribution in [3.05, 3.63) is 75.0 Å². The predicted octanol–water partition coefficient (Wildman–Crippen LogP) is 3.74. The molecule has 35 heavy (non-hydrogen) atoms. The molecular weight excluding hydrogens is 468 g/mol. The van der Waals surface area contributed by atoms with E-state index in [-0.39, 0.29) is 17.4 Å². The lowest BCUT2D eigenvalue weighted by molar-refractivity contribution is -0.125. The number of benzene rings is 2. The Bertz CT molecular complexity index is 1280. The van der Waals surface area contributed by atoms with Gasteiger partial charge in [-0.3, -0.25) is 9.59 Å². The Morgan fingerprint density at radius 3 is 2.71 bits per heavy atom. The van der Waals surface area contributed by atoms with E-state index in [0.29, 0.717) is 41.1 Å². The number of hydrogen-bond acceptors (Lipinski definition) is 6. The zero-order chi connectivity index (χ0) is 24.9. The van der Waals surface area contributed by atoms with Crippen LogP contribution in [0.15, 0.2) is 53.3 Å². The van der Waals surface area contributed by atoms with Gasteiger partial charge in [-0.1, -0.05) is 17.7 Å². The Morgan fingerprint density at radius 1 is 1.14 bits per heavy atom. The van der Waals surface area contributed by atoms with Gasteiger partial charge in [0.1, 0.15) is 17.3 Å². The molecule has 0 bridgehead atoms. The third kappa shape index (κ3) is 5.59. The Balaban J connectivity index is 1.46.